The molecule has 4 heterocycles. The van der Waals surface area contributed by atoms with Crippen LogP contribution in [0.1, 0.15) is 16.1 Å². The van der Waals surface area contributed by atoms with Crippen LogP contribution in [0.15, 0.2) is 59.0 Å². The maximum Gasteiger partial charge on any atom is 0.295 e. The number of guanidine groups is 1. The van der Waals surface area contributed by atoms with E-state index in [1.54, 1.807) is 6.20 Å². The maximum absolute atomic E-state index is 13.7. The third-order valence-corrected chi connectivity index (χ3v) is 7.87. The molecule has 3 aromatic heterocycles. The number of Topliss-reactive ketones (excluding diaryl/α,β-unsaturated/α-hetero) is 1. The van der Waals surface area contributed by atoms with Gasteiger partial charge in [-0.15, -0.1) is 5.10 Å². The number of likely N-dealkylation sites (N-methyl/N-ethyl adjacent to an activating group) is 2. The molecule has 0 aliphatic carbocycles. The van der Waals surface area contributed by atoms with Crippen LogP contribution in [0.25, 0.3) is 22.3 Å². The molecule has 1 saturated heterocycles. The summed E-state index contributed by atoms with van der Waals surface area (Å²) in [5, 5.41) is 17.6. The van der Waals surface area contributed by atoms with Crippen LogP contribution in [0.5, 0.6) is 5.75 Å². The van der Waals surface area contributed by atoms with Gasteiger partial charge in [-0.25, -0.2) is 4.98 Å². The number of carbonyl (C=O) groups excluding carboxylic acids is 2. The van der Waals surface area contributed by atoms with Crippen LogP contribution in [0.3, 0.4) is 0 Å². The van der Waals surface area contributed by atoms with Crippen molar-refractivity contribution in [3.05, 3.63) is 60.0 Å². The number of ether oxygens (including phenoxy) is 1. The number of nitrogens with zero attached hydrogens (tertiary/aromatic N) is 9. The van der Waals surface area contributed by atoms with Gasteiger partial charge < -0.3 is 30.3 Å². The van der Waals surface area contributed by atoms with Crippen LogP contribution >= 0.6 is 0 Å². The third kappa shape index (κ3) is 6.69. The Morgan fingerprint density at radius 1 is 1.09 bits per heavy atom. The van der Waals surface area contributed by atoms with Gasteiger partial charge in [0.2, 0.25) is 5.96 Å². The van der Waals surface area contributed by atoms with Crippen LogP contribution in [0.2, 0.25) is 0 Å². The zero-order chi connectivity index (χ0) is 32.8. The number of nitrogens with two attached hydrogens (primary N) is 1. The highest BCUT2D eigenvalue weighted by Gasteiger charge is 2.32. The summed E-state index contributed by atoms with van der Waals surface area (Å²) < 4.78 is 5.57. The Morgan fingerprint density at radius 2 is 1.80 bits per heavy atom. The summed E-state index contributed by atoms with van der Waals surface area (Å²) in [6, 6.07) is 11.3. The van der Waals surface area contributed by atoms with Gasteiger partial charge in [-0.05, 0) is 39.3 Å². The molecule has 0 saturated carbocycles. The smallest absolute Gasteiger partial charge is 0.295 e. The number of methoxy groups -OCH3 is 1. The second kappa shape index (κ2) is 14.2. The second-order valence-electron chi connectivity index (χ2n) is 11.3. The van der Waals surface area contributed by atoms with Gasteiger partial charge in [-0.3, -0.25) is 19.6 Å². The summed E-state index contributed by atoms with van der Waals surface area (Å²) in [5.74, 6) is 5.26. The number of benzene rings is 1. The minimum Gasteiger partial charge on any atom is -0.494 e. The first-order valence-electron chi connectivity index (χ1n) is 14.9. The quantitative estimate of drug-likeness (QED) is 0.0555. The van der Waals surface area contributed by atoms with E-state index in [-0.39, 0.29) is 18.7 Å². The Hall–Kier alpha value is -5.28. The van der Waals surface area contributed by atoms with Crippen LogP contribution in [0.4, 0.5) is 5.69 Å². The molecule has 1 aliphatic rings. The number of amides is 1. The fraction of sp³-hybridized carbons (Fsp3) is 0.355. The maximum atomic E-state index is 13.7. The molecule has 0 unspecified atom stereocenters. The number of aromatic nitrogens is 4. The van der Waals surface area contributed by atoms with Crippen molar-refractivity contribution in [3.63, 3.8) is 0 Å². The van der Waals surface area contributed by atoms with Crippen molar-refractivity contribution in [1.29, 1.82) is 0 Å². The summed E-state index contributed by atoms with van der Waals surface area (Å²) in [5.41, 5.74) is 3.59. The molecule has 5 rings (SSSR count). The lowest BCUT2D eigenvalue weighted by Crippen LogP contribution is -2.55. The first-order valence-corrected chi connectivity index (χ1v) is 14.9. The standard InChI is InChI=1S/C31H40N12O3/c1-33-43(22-9-7-6-8-10-22)31(36-32)42-15-13-41(14-16-42)30(45)29(44)23-18-34-28-26(23)25(46-5)19-35-27(28)24-17-21(37-38-24)20-40(4)12-11-39(2)3/h6-10,17-19,34H,1,11-16,20,32H2,2-5H3,(H,37,38)/b36-31-. The monoisotopic (exact) mass is 628 g/mol. The molecule has 15 heteroatoms. The SMILES string of the molecule is C=NN(/C(=N\N)N1CCN(C(=O)C(=O)c2c[nH]c3c(-c4cc(CN(C)CCN(C)C)[nH]n4)ncc(OC)c23)CC1)c1ccccc1. The number of H-pyrrole nitrogens is 2. The number of hydrogen-bond acceptors (Lipinski definition) is 10. The number of ketones is 1. The third-order valence-electron chi connectivity index (χ3n) is 7.87. The van der Waals surface area contributed by atoms with Gasteiger partial charge in [-0.2, -0.15) is 15.2 Å². The molecule has 46 heavy (non-hydrogen) atoms. The number of fused-ring (bicyclic) bond motifs is 1. The van der Waals surface area contributed by atoms with Crippen molar-refractivity contribution in [3.8, 4) is 17.1 Å². The van der Waals surface area contributed by atoms with Crippen LogP contribution in [0, 0.1) is 0 Å². The Balaban J connectivity index is 1.31. The summed E-state index contributed by atoms with van der Waals surface area (Å²) in [7, 11) is 7.64. The van der Waals surface area contributed by atoms with Gasteiger partial charge in [0.15, 0.2) is 0 Å². The number of piperazine rings is 1. The molecule has 4 aromatic rings. The molecule has 1 aromatic carbocycles. The molecule has 1 aliphatic heterocycles. The number of para-hydroxylation sites is 1. The predicted molar refractivity (Wildman–Crippen MR) is 178 cm³/mol. The lowest BCUT2D eigenvalue weighted by Gasteiger charge is -2.37. The number of anilines is 1. The Kier molecular flexibility index (Phi) is 9.93. The summed E-state index contributed by atoms with van der Waals surface area (Å²) in [4.78, 5) is 42.7. The van der Waals surface area contributed by atoms with E-state index in [1.807, 2.05) is 55.4 Å². The molecular formula is C31H40N12O3. The van der Waals surface area contributed by atoms with Crippen molar-refractivity contribution in [2.75, 3.05) is 72.5 Å². The van der Waals surface area contributed by atoms with E-state index in [1.165, 1.54) is 23.2 Å². The molecule has 1 fully saturated rings. The van der Waals surface area contributed by atoms with Crippen LogP contribution < -0.4 is 15.6 Å². The molecule has 242 valence electrons. The highest BCUT2D eigenvalue weighted by atomic mass is 16.5. The predicted octanol–water partition coefficient (Wildman–Crippen LogP) is 1.63. The van der Waals surface area contributed by atoms with Gasteiger partial charge >= 0.3 is 0 Å². The van der Waals surface area contributed by atoms with E-state index < -0.39 is 11.7 Å². The number of hydrazone groups is 2. The van der Waals surface area contributed by atoms with Crippen molar-refractivity contribution in [1.82, 2.24) is 39.8 Å². The van der Waals surface area contributed by atoms with Gasteiger partial charge in [0.1, 0.15) is 17.1 Å². The molecular weight excluding hydrogens is 588 g/mol. The fourth-order valence-electron chi connectivity index (χ4n) is 5.42. The first kappa shape index (κ1) is 32.1. The van der Waals surface area contributed by atoms with E-state index in [9.17, 15) is 9.59 Å². The molecule has 4 N–H and O–H groups in total. The minimum absolute atomic E-state index is 0.206. The number of rotatable bonds is 11. The van der Waals surface area contributed by atoms with Crippen molar-refractivity contribution < 1.29 is 14.3 Å². The molecule has 1 amide bonds. The molecule has 0 bridgehead atoms. The first-order chi connectivity index (χ1) is 22.2. The fourth-order valence-corrected chi connectivity index (χ4v) is 5.42. The summed E-state index contributed by atoms with van der Waals surface area (Å²) in [6.07, 6.45) is 3.08. The Bertz CT molecular complexity index is 1710. The summed E-state index contributed by atoms with van der Waals surface area (Å²) in [6.45, 7) is 7.55. The van der Waals surface area contributed by atoms with Crippen molar-refractivity contribution >= 4 is 41.0 Å². The zero-order valence-electron chi connectivity index (χ0n) is 26.6. The van der Waals surface area contributed by atoms with Crippen LogP contribution in [-0.4, -0.2) is 132 Å². The highest BCUT2D eigenvalue weighted by molar-refractivity contribution is 6.45. The molecule has 15 nitrogen and oxygen atoms in total. The lowest BCUT2D eigenvalue weighted by molar-refractivity contribution is -0.127. The Morgan fingerprint density at radius 3 is 2.46 bits per heavy atom. The average molecular weight is 629 g/mol. The normalized spacial score (nSPS) is 13.9. The number of carbonyl (C=O) groups is 2. The number of nitrogens with one attached hydrogen (secondary N) is 2. The minimum atomic E-state index is -0.647. The molecule has 0 spiro atoms. The average Bonchev–Trinajstić information content (AvgIpc) is 3.73. The van der Waals surface area contributed by atoms with E-state index in [2.05, 4.69) is 53.9 Å². The molecule has 0 atom stereocenters. The van der Waals surface area contributed by atoms with Gasteiger partial charge in [0.25, 0.3) is 11.7 Å². The lowest BCUT2D eigenvalue weighted by atomic mass is 10.1. The topological polar surface area (TPSA) is 168 Å². The van der Waals surface area contributed by atoms with E-state index in [4.69, 9.17) is 10.6 Å². The number of pyridine rings is 1. The van der Waals surface area contributed by atoms with Crippen molar-refractivity contribution in [2.45, 2.75) is 6.54 Å². The van der Waals surface area contributed by atoms with Crippen LogP contribution in [-0.2, 0) is 11.3 Å². The van der Waals surface area contributed by atoms with Crippen molar-refractivity contribution in [2.24, 2.45) is 16.0 Å². The zero-order valence-corrected chi connectivity index (χ0v) is 26.6. The number of hydrogen-bond donors (Lipinski definition) is 3. The number of aromatic amines is 2. The Labute approximate surface area is 267 Å². The van der Waals surface area contributed by atoms with E-state index in [0.717, 1.165) is 24.5 Å². The summed E-state index contributed by atoms with van der Waals surface area (Å²) >= 11 is 0. The largest absolute Gasteiger partial charge is 0.494 e. The van der Waals surface area contributed by atoms with E-state index >= 15 is 0 Å². The van der Waals surface area contributed by atoms with Gasteiger partial charge in [0, 0.05) is 64.4 Å². The molecule has 0 radical (unpaired) electrons. The second-order valence-corrected chi connectivity index (χ2v) is 11.3. The van der Waals surface area contributed by atoms with Gasteiger partial charge in [0.05, 0.1) is 35.5 Å². The van der Waals surface area contributed by atoms with Gasteiger partial charge in [-0.1, -0.05) is 18.2 Å². The highest BCUT2D eigenvalue weighted by Crippen LogP contribution is 2.34. The van der Waals surface area contributed by atoms with E-state index in [0.29, 0.717) is 53.6 Å².